The Balaban J connectivity index is 2.27. The van der Waals surface area contributed by atoms with Crippen LogP contribution in [0.3, 0.4) is 0 Å². The molecular formula is C17H19N3S. The van der Waals surface area contributed by atoms with Crippen LogP contribution in [0.25, 0.3) is 0 Å². The Kier molecular flexibility index (Phi) is 5.46. The van der Waals surface area contributed by atoms with Gasteiger partial charge in [-0.3, -0.25) is 5.43 Å². The van der Waals surface area contributed by atoms with E-state index in [0.29, 0.717) is 5.11 Å². The molecule has 2 rings (SSSR count). The van der Waals surface area contributed by atoms with Crippen LogP contribution in [0.1, 0.15) is 25.0 Å². The van der Waals surface area contributed by atoms with Crippen molar-refractivity contribution >= 4 is 23.0 Å². The highest BCUT2D eigenvalue weighted by atomic mass is 32.1. The van der Waals surface area contributed by atoms with E-state index in [1.807, 2.05) is 74.5 Å². The molecule has 2 aromatic carbocycles. The monoisotopic (exact) mass is 297 g/mol. The maximum Gasteiger partial charge on any atom is 0.187 e. The average Bonchev–Trinajstić information content (AvgIpc) is 2.49. The molecule has 108 valence electrons. The van der Waals surface area contributed by atoms with Crippen molar-refractivity contribution < 1.29 is 0 Å². The molecule has 0 bridgehead atoms. The Morgan fingerprint density at radius 1 is 0.905 bits per heavy atom. The van der Waals surface area contributed by atoms with Crippen LogP contribution < -0.4 is 10.7 Å². The summed E-state index contributed by atoms with van der Waals surface area (Å²) in [5, 5.41) is 8.12. The molecule has 0 aromatic heterocycles. The lowest BCUT2D eigenvalue weighted by atomic mass is 10.0. The van der Waals surface area contributed by atoms with Crippen molar-refractivity contribution in [1.82, 2.24) is 10.7 Å². The Hall–Kier alpha value is -2.20. The molecule has 2 N–H and O–H groups in total. The van der Waals surface area contributed by atoms with Crippen LogP contribution in [0, 0.1) is 0 Å². The molecule has 0 spiro atoms. The van der Waals surface area contributed by atoms with E-state index in [9.17, 15) is 0 Å². The number of thiocarbonyl (C=S) groups is 1. The van der Waals surface area contributed by atoms with Crippen LogP contribution in [-0.4, -0.2) is 16.9 Å². The molecule has 0 aliphatic heterocycles. The van der Waals surface area contributed by atoms with E-state index < -0.39 is 0 Å². The molecule has 0 unspecified atom stereocenters. The molecule has 0 aliphatic rings. The summed E-state index contributed by atoms with van der Waals surface area (Å²) < 4.78 is 0. The van der Waals surface area contributed by atoms with Gasteiger partial charge in [0.05, 0.1) is 5.71 Å². The van der Waals surface area contributed by atoms with Crippen molar-refractivity contribution in [3.05, 3.63) is 71.8 Å². The van der Waals surface area contributed by atoms with Crippen molar-refractivity contribution in [2.24, 2.45) is 5.10 Å². The molecule has 0 aliphatic carbocycles. The smallest absolute Gasteiger partial charge is 0.187 e. The minimum atomic E-state index is 0.275. The molecule has 0 atom stereocenters. The highest BCUT2D eigenvalue weighted by Crippen LogP contribution is 2.10. The lowest BCUT2D eigenvalue weighted by Crippen LogP contribution is -2.37. The summed E-state index contributed by atoms with van der Waals surface area (Å²) in [5.74, 6) is 0. The van der Waals surface area contributed by atoms with E-state index in [0.717, 1.165) is 16.8 Å². The van der Waals surface area contributed by atoms with Crippen molar-refractivity contribution in [2.75, 3.05) is 0 Å². The first kappa shape index (κ1) is 15.2. The van der Waals surface area contributed by atoms with E-state index in [2.05, 4.69) is 15.8 Å². The van der Waals surface area contributed by atoms with Gasteiger partial charge in [0, 0.05) is 17.2 Å². The number of hydrazone groups is 1. The fourth-order valence-corrected chi connectivity index (χ4v) is 2.17. The Morgan fingerprint density at radius 2 is 1.38 bits per heavy atom. The van der Waals surface area contributed by atoms with Gasteiger partial charge in [0.1, 0.15) is 0 Å². The van der Waals surface area contributed by atoms with E-state index in [1.165, 1.54) is 0 Å². The highest BCUT2D eigenvalue weighted by Gasteiger charge is 2.06. The molecule has 21 heavy (non-hydrogen) atoms. The van der Waals surface area contributed by atoms with E-state index >= 15 is 0 Å². The van der Waals surface area contributed by atoms with Gasteiger partial charge in [-0.05, 0) is 26.1 Å². The van der Waals surface area contributed by atoms with Gasteiger partial charge in [0.2, 0.25) is 0 Å². The molecule has 3 nitrogen and oxygen atoms in total. The molecule has 4 heteroatoms. The Morgan fingerprint density at radius 3 is 1.81 bits per heavy atom. The second kappa shape index (κ2) is 7.55. The molecule has 0 heterocycles. The third-order valence-corrected chi connectivity index (χ3v) is 2.99. The lowest BCUT2D eigenvalue weighted by molar-refractivity contribution is 0.719. The fourth-order valence-electron chi connectivity index (χ4n) is 1.89. The second-order valence-corrected chi connectivity index (χ2v) is 5.34. The maximum atomic E-state index is 5.22. The van der Waals surface area contributed by atoms with Gasteiger partial charge in [-0.2, -0.15) is 5.10 Å². The maximum absolute atomic E-state index is 5.22. The van der Waals surface area contributed by atoms with Crippen LogP contribution in [0.4, 0.5) is 0 Å². The summed E-state index contributed by atoms with van der Waals surface area (Å²) in [7, 11) is 0. The first-order valence-electron chi connectivity index (χ1n) is 6.92. The zero-order valence-electron chi connectivity index (χ0n) is 12.2. The zero-order chi connectivity index (χ0) is 15.1. The van der Waals surface area contributed by atoms with Gasteiger partial charge >= 0.3 is 0 Å². The normalized spacial score (nSPS) is 10.0. The summed E-state index contributed by atoms with van der Waals surface area (Å²) in [6.07, 6.45) is 0. The van der Waals surface area contributed by atoms with Gasteiger partial charge < -0.3 is 5.32 Å². The minimum Gasteiger partial charge on any atom is -0.359 e. The molecule has 0 radical (unpaired) electrons. The van der Waals surface area contributed by atoms with Crippen molar-refractivity contribution in [2.45, 2.75) is 19.9 Å². The number of nitrogens with one attached hydrogen (secondary N) is 2. The number of nitrogens with zero attached hydrogens (tertiary/aromatic N) is 1. The van der Waals surface area contributed by atoms with Gasteiger partial charge in [0.15, 0.2) is 5.11 Å². The van der Waals surface area contributed by atoms with Crippen LogP contribution in [-0.2, 0) is 0 Å². The van der Waals surface area contributed by atoms with Gasteiger partial charge in [-0.15, -0.1) is 0 Å². The van der Waals surface area contributed by atoms with E-state index in [1.54, 1.807) is 0 Å². The topological polar surface area (TPSA) is 36.4 Å². The Bertz CT molecular complexity index is 565. The summed E-state index contributed by atoms with van der Waals surface area (Å²) in [6.45, 7) is 4.07. The molecule has 2 aromatic rings. The highest BCUT2D eigenvalue weighted by molar-refractivity contribution is 7.80. The van der Waals surface area contributed by atoms with E-state index in [-0.39, 0.29) is 6.04 Å². The minimum absolute atomic E-state index is 0.275. The number of hydrogen-bond donors (Lipinski definition) is 2. The van der Waals surface area contributed by atoms with Crippen LogP contribution in [0.5, 0.6) is 0 Å². The fraction of sp³-hybridized carbons (Fsp3) is 0.176. The van der Waals surface area contributed by atoms with Gasteiger partial charge in [-0.25, -0.2) is 0 Å². The van der Waals surface area contributed by atoms with Crippen LogP contribution >= 0.6 is 12.2 Å². The SMILES string of the molecule is CC(C)NC(=S)NN=C(c1ccccc1)c1ccccc1. The largest absolute Gasteiger partial charge is 0.359 e. The third kappa shape index (κ3) is 4.68. The van der Waals surface area contributed by atoms with Crippen molar-refractivity contribution in [3.8, 4) is 0 Å². The summed E-state index contributed by atoms with van der Waals surface area (Å²) >= 11 is 5.22. The first-order chi connectivity index (χ1) is 10.2. The average molecular weight is 297 g/mol. The summed E-state index contributed by atoms with van der Waals surface area (Å²) in [6, 6.07) is 20.4. The molecule has 0 fully saturated rings. The zero-order valence-corrected chi connectivity index (χ0v) is 13.0. The third-order valence-electron chi connectivity index (χ3n) is 2.78. The van der Waals surface area contributed by atoms with E-state index in [4.69, 9.17) is 12.2 Å². The van der Waals surface area contributed by atoms with Crippen LogP contribution in [0.2, 0.25) is 0 Å². The molecule has 0 saturated carbocycles. The van der Waals surface area contributed by atoms with Crippen molar-refractivity contribution in [1.29, 1.82) is 0 Å². The standard InChI is InChI=1S/C17H19N3S/c1-13(2)18-17(21)20-19-16(14-9-5-3-6-10-14)15-11-7-4-8-12-15/h3-13H,1-2H3,(H2,18,20,21). The van der Waals surface area contributed by atoms with Crippen LogP contribution in [0.15, 0.2) is 65.8 Å². The predicted octanol–water partition coefficient (Wildman–Crippen LogP) is 3.31. The molecule has 0 amide bonds. The number of rotatable bonds is 4. The van der Waals surface area contributed by atoms with Gasteiger partial charge in [0.25, 0.3) is 0 Å². The number of benzene rings is 2. The molecule has 0 saturated heterocycles. The predicted molar refractivity (Wildman–Crippen MR) is 92.5 cm³/mol. The second-order valence-electron chi connectivity index (χ2n) is 4.93. The first-order valence-corrected chi connectivity index (χ1v) is 7.32. The van der Waals surface area contributed by atoms with Gasteiger partial charge in [-0.1, -0.05) is 60.7 Å². The number of hydrogen-bond acceptors (Lipinski definition) is 2. The lowest BCUT2D eigenvalue weighted by Gasteiger charge is -2.12. The quantitative estimate of drug-likeness (QED) is 0.516. The molecular weight excluding hydrogens is 278 g/mol. The summed E-state index contributed by atoms with van der Waals surface area (Å²) in [5.41, 5.74) is 5.87. The summed E-state index contributed by atoms with van der Waals surface area (Å²) in [4.78, 5) is 0. The van der Waals surface area contributed by atoms with Crippen molar-refractivity contribution in [3.63, 3.8) is 0 Å². The Labute approximate surface area is 131 Å².